The van der Waals surface area contributed by atoms with Gasteiger partial charge in [-0.3, -0.25) is 9.52 Å². The molecule has 2 N–H and O–H groups in total. The van der Waals surface area contributed by atoms with Gasteiger partial charge in [0, 0.05) is 5.02 Å². The molecule has 0 saturated carbocycles. The average molecular weight is 499 g/mol. The number of carbonyl (C=O) groups excluding carboxylic acids is 1. The van der Waals surface area contributed by atoms with E-state index < -0.39 is 10.0 Å². The summed E-state index contributed by atoms with van der Waals surface area (Å²) in [4.78, 5) is 13.2. The van der Waals surface area contributed by atoms with Crippen LogP contribution in [0.2, 0.25) is 5.02 Å². The summed E-state index contributed by atoms with van der Waals surface area (Å²) in [6.45, 7) is 0. The lowest BCUT2D eigenvalue weighted by Gasteiger charge is -2.26. The van der Waals surface area contributed by atoms with E-state index in [1.807, 2.05) is 18.2 Å². The minimum Gasteiger partial charge on any atom is -0.345 e. The van der Waals surface area contributed by atoms with Gasteiger partial charge in [-0.2, -0.15) is 8.75 Å². The highest BCUT2D eigenvalue weighted by Crippen LogP contribution is 2.31. The smallest absolute Gasteiger partial charge is 0.264 e. The van der Waals surface area contributed by atoms with Crippen molar-refractivity contribution >= 4 is 56.0 Å². The van der Waals surface area contributed by atoms with E-state index in [2.05, 4.69) is 24.9 Å². The summed E-state index contributed by atoms with van der Waals surface area (Å²) in [5.74, 6) is -0.375. The number of aryl methyl sites for hydroxylation is 1. The molecule has 0 saturated heterocycles. The first kappa shape index (κ1) is 21.8. The molecule has 0 aliphatic heterocycles. The van der Waals surface area contributed by atoms with Gasteiger partial charge in [0.15, 0.2) is 0 Å². The number of amides is 1. The molecule has 10 heteroatoms. The summed E-state index contributed by atoms with van der Waals surface area (Å²) in [6, 6.07) is 17.2. The third-order valence-corrected chi connectivity index (χ3v) is 7.86. The Bertz CT molecular complexity index is 1470. The first-order valence-electron chi connectivity index (χ1n) is 10.3. The minimum absolute atomic E-state index is 0.0127. The van der Waals surface area contributed by atoms with Crippen molar-refractivity contribution in [3.63, 3.8) is 0 Å². The van der Waals surface area contributed by atoms with Gasteiger partial charge in [0.05, 0.1) is 29.0 Å². The number of anilines is 1. The first-order valence-corrected chi connectivity index (χ1v) is 12.9. The zero-order valence-electron chi connectivity index (χ0n) is 17.3. The number of halogens is 1. The van der Waals surface area contributed by atoms with Crippen LogP contribution in [0.25, 0.3) is 11.0 Å². The fourth-order valence-electron chi connectivity index (χ4n) is 4.14. The van der Waals surface area contributed by atoms with Gasteiger partial charge >= 0.3 is 0 Å². The van der Waals surface area contributed by atoms with Gasteiger partial charge in [-0.05, 0) is 60.7 Å². The van der Waals surface area contributed by atoms with Crippen molar-refractivity contribution in [1.29, 1.82) is 0 Å². The number of hydrogen-bond donors (Lipinski definition) is 2. The Balaban J connectivity index is 1.46. The third kappa shape index (κ3) is 4.31. The number of fused-ring (bicyclic) bond motifs is 2. The van der Waals surface area contributed by atoms with Gasteiger partial charge in [0.1, 0.15) is 15.9 Å². The molecule has 1 unspecified atom stereocenters. The normalized spacial score (nSPS) is 15.7. The highest BCUT2D eigenvalue weighted by molar-refractivity contribution is 7.93. The molecule has 0 bridgehead atoms. The van der Waals surface area contributed by atoms with Crippen LogP contribution in [0, 0.1) is 0 Å². The summed E-state index contributed by atoms with van der Waals surface area (Å²) in [5, 5.41) is 3.37. The average Bonchev–Trinajstić information content (AvgIpc) is 3.28. The topological polar surface area (TPSA) is 101 Å². The molecule has 0 fully saturated rings. The van der Waals surface area contributed by atoms with Crippen molar-refractivity contribution in [2.75, 3.05) is 4.72 Å². The van der Waals surface area contributed by atoms with Crippen LogP contribution < -0.4 is 10.0 Å². The van der Waals surface area contributed by atoms with Crippen LogP contribution in [0.4, 0.5) is 5.69 Å². The van der Waals surface area contributed by atoms with E-state index in [1.165, 1.54) is 23.8 Å². The summed E-state index contributed by atoms with van der Waals surface area (Å²) in [6.07, 6.45) is 2.76. The van der Waals surface area contributed by atoms with E-state index >= 15 is 0 Å². The van der Waals surface area contributed by atoms with Crippen molar-refractivity contribution < 1.29 is 13.2 Å². The van der Waals surface area contributed by atoms with Crippen molar-refractivity contribution in [1.82, 2.24) is 14.1 Å². The Labute approximate surface area is 200 Å². The molecule has 1 heterocycles. The van der Waals surface area contributed by atoms with Gasteiger partial charge in [-0.15, -0.1) is 0 Å². The molecule has 4 aromatic rings. The molecule has 5 rings (SSSR count). The van der Waals surface area contributed by atoms with Gasteiger partial charge < -0.3 is 5.32 Å². The Morgan fingerprint density at radius 3 is 2.79 bits per heavy atom. The van der Waals surface area contributed by atoms with Crippen molar-refractivity contribution in [3.8, 4) is 0 Å². The molecule has 33 heavy (non-hydrogen) atoms. The van der Waals surface area contributed by atoms with Crippen LogP contribution in [0.3, 0.4) is 0 Å². The molecular weight excluding hydrogens is 480 g/mol. The number of rotatable bonds is 5. The number of benzene rings is 3. The number of nitrogens with zero attached hydrogens (tertiary/aromatic N) is 2. The molecule has 0 spiro atoms. The summed E-state index contributed by atoms with van der Waals surface area (Å²) in [7, 11) is -4.05. The predicted octanol–water partition coefficient (Wildman–Crippen LogP) is 4.95. The summed E-state index contributed by atoms with van der Waals surface area (Å²) in [5.41, 5.74) is 3.37. The Kier molecular flexibility index (Phi) is 5.77. The van der Waals surface area contributed by atoms with Crippen LogP contribution in [-0.2, 0) is 16.4 Å². The summed E-state index contributed by atoms with van der Waals surface area (Å²) < 4.78 is 37.1. The number of sulfonamides is 1. The number of nitrogens with one attached hydrogen (secondary N) is 2. The van der Waals surface area contributed by atoms with Crippen molar-refractivity contribution in [2.24, 2.45) is 0 Å². The van der Waals surface area contributed by atoms with Gasteiger partial charge in [-0.1, -0.05) is 41.9 Å². The maximum absolute atomic E-state index is 13.2. The third-order valence-electron chi connectivity index (χ3n) is 5.68. The lowest BCUT2D eigenvalue weighted by Crippen LogP contribution is -2.31. The number of aromatic nitrogens is 2. The van der Waals surface area contributed by atoms with Crippen LogP contribution in [0.1, 0.15) is 40.4 Å². The second-order valence-electron chi connectivity index (χ2n) is 7.80. The van der Waals surface area contributed by atoms with E-state index in [0.29, 0.717) is 10.5 Å². The van der Waals surface area contributed by atoms with Crippen LogP contribution in [0.15, 0.2) is 65.6 Å². The molecule has 1 amide bonds. The van der Waals surface area contributed by atoms with Gasteiger partial charge in [-0.25, -0.2) is 8.42 Å². The highest BCUT2D eigenvalue weighted by Gasteiger charge is 2.25. The molecule has 0 radical (unpaired) electrons. The van der Waals surface area contributed by atoms with Crippen LogP contribution in [-0.4, -0.2) is 23.1 Å². The maximum atomic E-state index is 13.2. The second kappa shape index (κ2) is 8.74. The molecule has 1 aromatic heterocycles. The lowest BCUT2D eigenvalue weighted by molar-refractivity contribution is 0.0933. The molecule has 1 aliphatic rings. The van der Waals surface area contributed by atoms with Crippen LogP contribution >= 0.6 is 23.3 Å². The fourth-order valence-corrected chi connectivity index (χ4v) is 6.15. The van der Waals surface area contributed by atoms with Crippen molar-refractivity contribution in [2.45, 2.75) is 30.2 Å². The maximum Gasteiger partial charge on any atom is 0.264 e. The molecule has 1 aliphatic carbocycles. The first-order chi connectivity index (χ1) is 15.9. The fraction of sp³-hybridized carbons (Fsp3) is 0.174. The molecule has 1 atom stereocenters. The van der Waals surface area contributed by atoms with E-state index in [1.54, 1.807) is 18.2 Å². The Morgan fingerprint density at radius 1 is 1.06 bits per heavy atom. The van der Waals surface area contributed by atoms with E-state index in [4.69, 9.17) is 11.6 Å². The standard InChI is InChI=1S/C23H19ClN4O3S2/c24-15-11-12-17(23(29)25-18-8-3-6-14-5-1-2-7-16(14)18)20(13-15)28-33(30,31)21-10-4-9-19-22(21)27-32-26-19/h1-2,4-5,7,9-13,18,28H,3,6,8H2,(H,25,29). The molecule has 168 valence electrons. The minimum atomic E-state index is -4.05. The van der Waals surface area contributed by atoms with E-state index in [0.717, 1.165) is 36.6 Å². The van der Waals surface area contributed by atoms with Gasteiger partial charge in [0.2, 0.25) is 0 Å². The molecule has 7 nitrogen and oxygen atoms in total. The largest absolute Gasteiger partial charge is 0.345 e. The zero-order chi connectivity index (χ0) is 23.0. The Morgan fingerprint density at radius 2 is 1.91 bits per heavy atom. The SMILES string of the molecule is O=C(NC1CCCc2ccccc21)c1ccc(Cl)cc1NS(=O)(=O)c1cccc2nsnc12. The highest BCUT2D eigenvalue weighted by atomic mass is 35.5. The molecule has 3 aromatic carbocycles. The monoisotopic (exact) mass is 498 g/mol. The Hall–Kier alpha value is -3.01. The van der Waals surface area contributed by atoms with Crippen molar-refractivity contribution in [3.05, 3.63) is 82.4 Å². The zero-order valence-corrected chi connectivity index (χ0v) is 19.7. The number of hydrogen-bond acceptors (Lipinski definition) is 6. The van der Waals surface area contributed by atoms with E-state index in [9.17, 15) is 13.2 Å². The lowest BCUT2D eigenvalue weighted by atomic mass is 9.87. The second-order valence-corrected chi connectivity index (χ2v) is 10.4. The van der Waals surface area contributed by atoms with E-state index in [-0.39, 0.29) is 33.6 Å². The van der Waals surface area contributed by atoms with Crippen LogP contribution in [0.5, 0.6) is 0 Å². The number of carbonyl (C=O) groups is 1. The predicted molar refractivity (Wildman–Crippen MR) is 129 cm³/mol. The molecular formula is C23H19ClN4O3S2. The quantitative estimate of drug-likeness (QED) is 0.405. The van der Waals surface area contributed by atoms with Gasteiger partial charge in [0.25, 0.3) is 15.9 Å². The summed E-state index contributed by atoms with van der Waals surface area (Å²) >= 11 is 7.08.